The molecule has 0 saturated carbocycles. The van der Waals surface area contributed by atoms with Crippen LogP contribution in [0.4, 0.5) is 10.1 Å². The number of rotatable bonds is 5. The molecule has 0 unspecified atom stereocenters. The van der Waals surface area contributed by atoms with Gasteiger partial charge in [-0.25, -0.2) is 4.39 Å². The fourth-order valence-electron chi connectivity index (χ4n) is 2.21. The lowest BCUT2D eigenvalue weighted by atomic mass is 10.0. The summed E-state index contributed by atoms with van der Waals surface area (Å²) in [7, 11) is 0. The molecule has 0 spiro atoms. The smallest absolute Gasteiger partial charge is 0.252 e. The molecule has 0 fully saturated rings. The van der Waals surface area contributed by atoms with Crippen molar-refractivity contribution in [1.29, 1.82) is 0 Å². The Morgan fingerprint density at radius 2 is 1.81 bits per heavy atom. The third kappa shape index (κ3) is 5.89. The molecule has 0 heterocycles. The van der Waals surface area contributed by atoms with E-state index in [1.807, 2.05) is 45.9 Å². The van der Waals surface area contributed by atoms with Gasteiger partial charge in [0.1, 0.15) is 5.82 Å². The molecule has 140 valence electrons. The van der Waals surface area contributed by atoms with Gasteiger partial charge in [-0.2, -0.15) is 0 Å². The average Bonchev–Trinajstić information content (AvgIpc) is 2.65. The number of carbonyl (C=O) groups is 1. The highest BCUT2D eigenvalue weighted by atomic mass is 35.5. The van der Waals surface area contributed by atoms with Crippen LogP contribution >= 0.6 is 23.4 Å². The standard InChI is InChI=1S/C19H19ClFNOS.C2H6/c1-4-24-13(3)12(2)19(23)22-18-8-6-5-7-15(18)14-9-10-16(20)17(21)11-14;1-2/h5-11H,4H2,1-3H3,(H,22,23);1-2H3/b13-12+;. The van der Waals surface area contributed by atoms with Gasteiger partial charge in [0, 0.05) is 16.8 Å². The van der Waals surface area contributed by atoms with Gasteiger partial charge < -0.3 is 5.32 Å². The average molecular weight is 394 g/mol. The summed E-state index contributed by atoms with van der Waals surface area (Å²) >= 11 is 7.38. The molecule has 0 aliphatic heterocycles. The second kappa shape index (κ2) is 11.0. The first-order valence-corrected chi connectivity index (χ1v) is 9.96. The van der Waals surface area contributed by atoms with Crippen LogP contribution in [-0.2, 0) is 4.79 Å². The molecular weight excluding hydrogens is 369 g/mol. The van der Waals surface area contributed by atoms with E-state index in [1.165, 1.54) is 12.1 Å². The quantitative estimate of drug-likeness (QED) is 0.546. The van der Waals surface area contributed by atoms with Crippen LogP contribution in [0, 0.1) is 5.82 Å². The summed E-state index contributed by atoms with van der Waals surface area (Å²) in [6.07, 6.45) is 0. The minimum absolute atomic E-state index is 0.0752. The van der Waals surface area contributed by atoms with E-state index in [9.17, 15) is 9.18 Å². The summed E-state index contributed by atoms with van der Waals surface area (Å²) in [5.74, 6) is 0.272. The van der Waals surface area contributed by atoms with Crippen LogP contribution in [0.15, 0.2) is 52.9 Å². The maximum Gasteiger partial charge on any atom is 0.252 e. The van der Waals surface area contributed by atoms with Crippen molar-refractivity contribution in [2.75, 3.05) is 11.1 Å². The summed E-state index contributed by atoms with van der Waals surface area (Å²) in [5, 5.41) is 2.99. The first-order valence-electron chi connectivity index (χ1n) is 8.60. The molecular formula is C21H25ClFNOS. The molecule has 0 aliphatic carbocycles. The van der Waals surface area contributed by atoms with E-state index < -0.39 is 5.82 Å². The molecule has 0 bridgehead atoms. The Morgan fingerprint density at radius 1 is 1.15 bits per heavy atom. The van der Waals surface area contributed by atoms with E-state index >= 15 is 0 Å². The monoisotopic (exact) mass is 393 g/mol. The summed E-state index contributed by atoms with van der Waals surface area (Å²) in [6, 6.07) is 11.9. The molecule has 0 atom stereocenters. The van der Waals surface area contributed by atoms with Crippen LogP contribution in [0.25, 0.3) is 11.1 Å². The zero-order valence-corrected chi connectivity index (χ0v) is 17.4. The Kier molecular flexibility index (Phi) is 9.46. The van der Waals surface area contributed by atoms with E-state index in [-0.39, 0.29) is 10.9 Å². The van der Waals surface area contributed by atoms with Crippen molar-refractivity contribution >= 4 is 35.0 Å². The number of anilines is 1. The molecule has 2 rings (SSSR count). The predicted molar refractivity (Wildman–Crippen MR) is 113 cm³/mol. The van der Waals surface area contributed by atoms with E-state index in [0.29, 0.717) is 16.8 Å². The van der Waals surface area contributed by atoms with Crippen LogP contribution in [0.5, 0.6) is 0 Å². The van der Waals surface area contributed by atoms with Crippen molar-refractivity contribution in [3.63, 3.8) is 0 Å². The largest absolute Gasteiger partial charge is 0.322 e. The van der Waals surface area contributed by atoms with Crippen molar-refractivity contribution < 1.29 is 9.18 Å². The van der Waals surface area contributed by atoms with Crippen LogP contribution < -0.4 is 5.32 Å². The molecule has 26 heavy (non-hydrogen) atoms. The number of halogens is 2. The van der Waals surface area contributed by atoms with Crippen LogP contribution in [0.3, 0.4) is 0 Å². The summed E-state index contributed by atoms with van der Waals surface area (Å²) in [4.78, 5) is 13.4. The van der Waals surface area contributed by atoms with Crippen molar-refractivity contribution in [1.82, 2.24) is 0 Å². The predicted octanol–water partition coefficient (Wildman–Crippen LogP) is 7.16. The molecule has 2 aromatic carbocycles. The lowest BCUT2D eigenvalue weighted by Crippen LogP contribution is -2.14. The third-order valence-corrected chi connectivity index (χ3v) is 4.97. The van der Waals surface area contributed by atoms with Gasteiger partial charge in [0.2, 0.25) is 0 Å². The number of nitrogens with one attached hydrogen (secondary N) is 1. The molecule has 2 nitrogen and oxygen atoms in total. The third-order valence-electron chi connectivity index (χ3n) is 3.64. The van der Waals surface area contributed by atoms with E-state index in [4.69, 9.17) is 11.6 Å². The summed E-state index contributed by atoms with van der Waals surface area (Å²) in [5.41, 5.74) is 2.72. The van der Waals surface area contributed by atoms with Gasteiger partial charge in [0.05, 0.1) is 5.02 Å². The maximum atomic E-state index is 13.7. The second-order valence-corrected chi connectivity index (χ2v) is 7.13. The molecule has 1 amide bonds. The van der Waals surface area contributed by atoms with Crippen molar-refractivity contribution in [3.8, 4) is 11.1 Å². The van der Waals surface area contributed by atoms with Gasteiger partial charge in [-0.15, -0.1) is 11.8 Å². The molecule has 1 N–H and O–H groups in total. The fourth-order valence-corrected chi connectivity index (χ4v) is 3.07. The van der Waals surface area contributed by atoms with Crippen molar-refractivity contribution in [3.05, 3.63) is 63.8 Å². The SMILES string of the molecule is CC.CCS/C(C)=C(\C)C(=O)Nc1ccccc1-c1ccc(Cl)c(F)c1. The first-order chi connectivity index (χ1) is 12.4. The number of carbonyl (C=O) groups excluding carboxylic acids is 1. The Labute approximate surface area is 164 Å². The Balaban J connectivity index is 0.00000163. The number of hydrogen-bond acceptors (Lipinski definition) is 2. The highest BCUT2D eigenvalue weighted by Gasteiger charge is 2.12. The van der Waals surface area contributed by atoms with Gasteiger partial charge in [-0.05, 0) is 48.3 Å². The Bertz CT molecular complexity index is 789. The molecule has 0 aliphatic rings. The topological polar surface area (TPSA) is 29.1 Å². The molecule has 0 radical (unpaired) electrons. The van der Waals surface area contributed by atoms with Gasteiger partial charge >= 0.3 is 0 Å². The number of amides is 1. The van der Waals surface area contributed by atoms with Crippen LogP contribution in [-0.4, -0.2) is 11.7 Å². The molecule has 5 heteroatoms. The van der Waals surface area contributed by atoms with E-state index in [1.54, 1.807) is 30.8 Å². The normalized spacial score (nSPS) is 11.2. The molecule has 0 aromatic heterocycles. The van der Waals surface area contributed by atoms with E-state index in [2.05, 4.69) is 5.32 Å². The first kappa shape index (κ1) is 22.3. The number of thioether (sulfide) groups is 1. The number of para-hydroxylation sites is 1. The second-order valence-electron chi connectivity index (χ2n) is 5.24. The van der Waals surface area contributed by atoms with Crippen LogP contribution in [0.2, 0.25) is 5.02 Å². The van der Waals surface area contributed by atoms with Gasteiger partial charge in [0.15, 0.2) is 0 Å². The lowest BCUT2D eigenvalue weighted by Gasteiger charge is -2.13. The summed E-state index contributed by atoms with van der Waals surface area (Å²) < 4.78 is 13.7. The fraction of sp³-hybridized carbons (Fsp3) is 0.286. The number of benzene rings is 2. The lowest BCUT2D eigenvalue weighted by molar-refractivity contribution is -0.112. The Morgan fingerprint density at radius 3 is 2.42 bits per heavy atom. The molecule has 0 saturated heterocycles. The Hall–Kier alpha value is -1.78. The van der Waals surface area contributed by atoms with Gasteiger partial charge in [0.25, 0.3) is 5.91 Å². The number of hydrogen-bond donors (Lipinski definition) is 1. The van der Waals surface area contributed by atoms with Gasteiger partial charge in [-0.3, -0.25) is 4.79 Å². The minimum Gasteiger partial charge on any atom is -0.322 e. The zero-order valence-electron chi connectivity index (χ0n) is 15.8. The highest BCUT2D eigenvalue weighted by molar-refractivity contribution is 8.03. The number of allylic oxidation sites excluding steroid dienone is 1. The van der Waals surface area contributed by atoms with E-state index in [0.717, 1.165) is 16.2 Å². The van der Waals surface area contributed by atoms with Crippen molar-refractivity contribution in [2.45, 2.75) is 34.6 Å². The summed E-state index contributed by atoms with van der Waals surface area (Å²) in [6.45, 7) is 9.78. The van der Waals surface area contributed by atoms with Crippen molar-refractivity contribution in [2.24, 2.45) is 0 Å². The highest BCUT2D eigenvalue weighted by Crippen LogP contribution is 2.31. The van der Waals surface area contributed by atoms with Crippen LogP contribution in [0.1, 0.15) is 34.6 Å². The minimum atomic E-state index is -0.485. The van der Waals surface area contributed by atoms with Gasteiger partial charge in [-0.1, -0.05) is 56.6 Å². The molecule has 2 aromatic rings. The maximum absolute atomic E-state index is 13.7. The zero-order chi connectivity index (χ0) is 19.7.